The van der Waals surface area contributed by atoms with Crippen molar-refractivity contribution in [3.8, 4) is 16.9 Å². The van der Waals surface area contributed by atoms with Crippen molar-refractivity contribution in [2.75, 3.05) is 74.6 Å². The predicted octanol–water partition coefficient (Wildman–Crippen LogP) is 2.51. The first kappa shape index (κ1) is 30.3. The molecule has 0 amide bonds. The summed E-state index contributed by atoms with van der Waals surface area (Å²) in [7, 11) is 0.325. The molecular weight excluding hydrogens is 604 g/mol. The number of nitrogens with one attached hydrogen (secondary N) is 3. The lowest BCUT2D eigenvalue weighted by Crippen LogP contribution is -2.47. The highest BCUT2D eigenvalue weighted by molar-refractivity contribution is 7.92. The van der Waals surface area contributed by atoms with E-state index in [4.69, 9.17) is 15.5 Å². The number of ether oxygens (including phenoxy) is 1. The molecule has 3 aliphatic rings. The number of aromatic nitrogens is 3. The number of rotatable bonds is 8. The van der Waals surface area contributed by atoms with E-state index in [1.54, 1.807) is 13.3 Å². The van der Waals surface area contributed by atoms with E-state index in [0.717, 1.165) is 61.5 Å². The van der Waals surface area contributed by atoms with Crippen molar-refractivity contribution in [3.05, 3.63) is 77.7 Å². The molecule has 0 bridgehead atoms. The minimum Gasteiger partial charge on any atom is -0.496 e. The Morgan fingerprint density at radius 1 is 1.07 bits per heavy atom. The first-order chi connectivity index (χ1) is 22.1. The maximum atomic E-state index is 12.6. The Kier molecular flexibility index (Phi) is 7.75. The van der Waals surface area contributed by atoms with Gasteiger partial charge in [0.25, 0.3) is 0 Å². The zero-order valence-corrected chi connectivity index (χ0v) is 27.1. The van der Waals surface area contributed by atoms with E-state index < -0.39 is 15.8 Å². The van der Waals surface area contributed by atoms with E-state index in [1.807, 2.05) is 53.3 Å². The summed E-state index contributed by atoms with van der Waals surface area (Å²) < 4.78 is 34.5. The molecule has 242 valence electrons. The minimum absolute atomic E-state index is 0.399. The van der Waals surface area contributed by atoms with Crippen LogP contribution in [0.3, 0.4) is 0 Å². The zero-order chi connectivity index (χ0) is 32.1. The normalized spacial score (nSPS) is 20.2. The van der Waals surface area contributed by atoms with Crippen LogP contribution in [0.25, 0.3) is 11.1 Å². The molecule has 5 heterocycles. The molecule has 46 heavy (non-hydrogen) atoms. The Balaban J connectivity index is 1.16. The fourth-order valence-corrected chi connectivity index (χ4v) is 7.44. The second-order valence-electron chi connectivity index (χ2n) is 12.2. The number of H-pyrrole nitrogens is 1. The third kappa shape index (κ3) is 5.73. The Bertz CT molecular complexity index is 1890. The second kappa shape index (κ2) is 11.8. The summed E-state index contributed by atoms with van der Waals surface area (Å²) in [6.07, 6.45) is 7.61. The summed E-state index contributed by atoms with van der Waals surface area (Å²) in [5, 5.41) is 11.4. The summed E-state index contributed by atoms with van der Waals surface area (Å²) in [5.74, 6) is 0.351. The molecule has 3 aliphatic heterocycles. The molecule has 0 saturated carbocycles. The van der Waals surface area contributed by atoms with Crippen LogP contribution in [0, 0.1) is 0 Å². The zero-order valence-electron chi connectivity index (χ0n) is 26.3. The molecule has 1 fully saturated rings. The van der Waals surface area contributed by atoms with Gasteiger partial charge in [0.2, 0.25) is 15.8 Å². The Hall–Kier alpha value is -4.37. The molecule has 7 rings (SSSR count). The molecule has 4 aromatic rings. The van der Waals surface area contributed by atoms with Crippen LogP contribution < -0.4 is 25.4 Å². The average molecular weight is 645 g/mol. The number of nitrogens with two attached hydrogens (primary N) is 1. The highest BCUT2D eigenvalue weighted by Gasteiger charge is 2.37. The number of fused-ring (bicyclic) bond motifs is 2. The van der Waals surface area contributed by atoms with Gasteiger partial charge in [-0.2, -0.15) is 5.10 Å². The first-order valence-electron chi connectivity index (χ1n) is 15.4. The maximum Gasteiger partial charge on any atom is 0.232 e. The van der Waals surface area contributed by atoms with Crippen molar-refractivity contribution in [2.45, 2.75) is 18.8 Å². The molecule has 2 aromatic heterocycles. The standard InChI is InChI=1S/C32H40N10O3S/c1-39-13-15-40(16-14-39)17-18-41-21-24(20-35-41)23-7-8-26(28(19-23)45-2)32(33)37-30-25(9-11-34-30)31(38-32)36-27-6-4-5-22-10-12-42(29(22)27)46(3,43)44/h4-9,11,19-21,34,37H,10,12-18,33H2,1-3H3,(H,36,38). The van der Waals surface area contributed by atoms with Crippen LogP contribution in [-0.2, 0) is 28.8 Å². The quantitative estimate of drug-likeness (QED) is 0.227. The molecule has 1 unspecified atom stereocenters. The van der Waals surface area contributed by atoms with Crippen molar-refractivity contribution in [1.82, 2.24) is 24.6 Å². The third-order valence-electron chi connectivity index (χ3n) is 9.03. The lowest BCUT2D eigenvalue weighted by atomic mass is 10.0. The SMILES string of the molecule is COc1cc(-c2cnn(CCN3CCN(C)CC3)c2)ccc1C1(N)N=C(Nc2cccc3c2N(S(C)(=O)=O)CC3)c2cc[nH]c2N1. The molecule has 2 aromatic carbocycles. The van der Waals surface area contributed by atoms with Gasteiger partial charge in [0.1, 0.15) is 17.4 Å². The number of aliphatic imine (C=N–C) groups is 1. The van der Waals surface area contributed by atoms with Crippen LogP contribution >= 0.6 is 0 Å². The number of sulfonamides is 1. The van der Waals surface area contributed by atoms with Crippen LogP contribution in [-0.4, -0.2) is 98.5 Å². The summed E-state index contributed by atoms with van der Waals surface area (Å²) in [6.45, 7) is 6.53. The Labute approximate surface area is 269 Å². The lowest BCUT2D eigenvalue weighted by Gasteiger charge is -2.34. The van der Waals surface area contributed by atoms with Gasteiger partial charge in [-0.3, -0.25) is 19.6 Å². The molecular formula is C32H40N10O3S. The van der Waals surface area contributed by atoms with Crippen LogP contribution in [0.15, 0.2) is 66.0 Å². The number of aromatic amines is 1. The smallest absolute Gasteiger partial charge is 0.232 e. The van der Waals surface area contributed by atoms with Crippen molar-refractivity contribution < 1.29 is 13.2 Å². The van der Waals surface area contributed by atoms with Gasteiger partial charge in [-0.25, -0.2) is 13.4 Å². The topological polar surface area (TPSA) is 149 Å². The highest BCUT2D eigenvalue weighted by Crippen LogP contribution is 2.40. The van der Waals surface area contributed by atoms with Crippen molar-refractivity contribution in [1.29, 1.82) is 0 Å². The molecule has 1 saturated heterocycles. The number of hydrogen-bond acceptors (Lipinski definition) is 10. The van der Waals surface area contributed by atoms with Crippen LogP contribution in [0.1, 0.15) is 16.7 Å². The molecule has 13 nitrogen and oxygen atoms in total. The number of para-hydroxylation sites is 1. The number of methoxy groups -OCH3 is 1. The molecule has 0 aliphatic carbocycles. The van der Waals surface area contributed by atoms with Crippen molar-refractivity contribution in [2.24, 2.45) is 10.7 Å². The molecule has 0 spiro atoms. The fourth-order valence-electron chi connectivity index (χ4n) is 6.47. The summed E-state index contributed by atoms with van der Waals surface area (Å²) in [5.41, 5.74) is 12.6. The minimum atomic E-state index is -3.46. The number of benzene rings is 2. The maximum absolute atomic E-state index is 12.6. The van der Waals surface area contributed by atoms with E-state index in [2.05, 4.69) is 43.8 Å². The van der Waals surface area contributed by atoms with Gasteiger partial charge in [0.05, 0.1) is 48.6 Å². The van der Waals surface area contributed by atoms with Gasteiger partial charge in [-0.15, -0.1) is 0 Å². The monoisotopic (exact) mass is 644 g/mol. The van der Waals surface area contributed by atoms with Gasteiger partial charge < -0.3 is 25.3 Å². The van der Waals surface area contributed by atoms with Crippen molar-refractivity contribution >= 4 is 33.1 Å². The van der Waals surface area contributed by atoms with Gasteiger partial charge in [0.15, 0.2) is 0 Å². The van der Waals surface area contributed by atoms with E-state index in [9.17, 15) is 8.42 Å². The van der Waals surface area contributed by atoms with Gasteiger partial charge >= 0.3 is 0 Å². The second-order valence-corrected chi connectivity index (χ2v) is 14.1. The fraction of sp³-hybridized carbons (Fsp3) is 0.375. The molecule has 1 atom stereocenters. The van der Waals surface area contributed by atoms with E-state index >= 15 is 0 Å². The first-order valence-corrected chi connectivity index (χ1v) is 17.3. The van der Waals surface area contributed by atoms with Gasteiger partial charge in [0, 0.05) is 57.2 Å². The lowest BCUT2D eigenvalue weighted by molar-refractivity contribution is 0.149. The van der Waals surface area contributed by atoms with Crippen LogP contribution in [0.4, 0.5) is 17.2 Å². The van der Waals surface area contributed by atoms with Crippen LogP contribution in [0.2, 0.25) is 0 Å². The number of hydrogen-bond donors (Lipinski definition) is 4. The number of amidine groups is 1. The molecule has 5 N–H and O–H groups in total. The summed E-state index contributed by atoms with van der Waals surface area (Å²) >= 11 is 0. The highest BCUT2D eigenvalue weighted by atomic mass is 32.2. The Morgan fingerprint density at radius 2 is 1.89 bits per heavy atom. The Morgan fingerprint density at radius 3 is 2.67 bits per heavy atom. The number of piperazine rings is 1. The van der Waals surface area contributed by atoms with Crippen LogP contribution in [0.5, 0.6) is 5.75 Å². The largest absolute Gasteiger partial charge is 0.496 e. The predicted molar refractivity (Wildman–Crippen MR) is 181 cm³/mol. The van der Waals surface area contributed by atoms with Crippen molar-refractivity contribution in [3.63, 3.8) is 0 Å². The third-order valence-corrected chi connectivity index (χ3v) is 10.2. The number of nitrogens with zero attached hydrogens (tertiary/aromatic N) is 6. The van der Waals surface area contributed by atoms with Gasteiger partial charge in [-0.05, 0) is 48.9 Å². The molecule has 0 radical (unpaired) electrons. The van der Waals surface area contributed by atoms with E-state index in [-0.39, 0.29) is 0 Å². The average Bonchev–Trinajstić information content (AvgIpc) is 3.80. The van der Waals surface area contributed by atoms with Gasteiger partial charge in [-0.1, -0.05) is 18.2 Å². The summed E-state index contributed by atoms with van der Waals surface area (Å²) in [6, 6.07) is 13.5. The number of anilines is 3. The summed E-state index contributed by atoms with van der Waals surface area (Å²) in [4.78, 5) is 13.0. The number of likely N-dealkylation sites (N-methyl/N-ethyl adjacent to an activating group) is 1. The van der Waals surface area contributed by atoms with E-state index in [0.29, 0.717) is 47.3 Å². The van der Waals surface area contributed by atoms with E-state index in [1.165, 1.54) is 10.6 Å². The molecule has 14 heteroatoms.